The number of aliphatic hydroxyl groups is 1. The van der Waals surface area contributed by atoms with Crippen molar-refractivity contribution in [2.75, 3.05) is 5.75 Å². The second kappa shape index (κ2) is 10.8. The number of benzene rings is 1. The van der Waals surface area contributed by atoms with Crippen LogP contribution in [0.2, 0.25) is 0 Å². The second-order valence-electron chi connectivity index (χ2n) is 6.92. The summed E-state index contributed by atoms with van der Waals surface area (Å²) in [4.78, 5) is 3.89. The van der Waals surface area contributed by atoms with Gasteiger partial charge in [0.2, 0.25) is 0 Å². The Morgan fingerprint density at radius 3 is 2.59 bits per heavy atom. The van der Waals surface area contributed by atoms with Gasteiger partial charge in [-0.2, -0.15) is 16.9 Å². The summed E-state index contributed by atoms with van der Waals surface area (Å²) in [5.41, 5.74) is -1.43. The number of rotatable bonds is 12. The first kappa shape index (κ1) is 21.8. The summed E-state index contributed by atoms with van der Waals surface area (Å²) >= 11 is 1.60. The number of hydrogen-bond donors (Lipinski definition) is 1. The molecule has 0 amide bonds. The lowest BCUT2D eigenvalue weighted by Crippen LogP contribution is -2.41. The van der Waals surface area contributed by atoms with E-state index in [1.54, 1.807) is 11.8 Å². The van der Waals surface area contributed by atoms with Crippen LogP contribution in [-0.4, -0.2) is 30.9 Å². The molecule has 0 fully saturated rings. The van der Waals surface area contributed by atoms with E-state index in [2.05, 4.69) is 17.0 Å². The molecule has 1 aromatic heterocycles. The van der Waals surface area contributed by atoms with Gasteiger partial charge in [-0.15, -0.1) is 0 Å². The van der Waals surface area contributed by atoms with Crippen molar-refractivity contribution in [3.05, 3.63) is 48.1 Å². The maximum atomic E-state index is 14.4. The first-order valence-corrected chi connectivity index (χ1v) is 10.6. The zero-order valence-corrected chi connectivity index (χ0v) is 16.9. The third-order valence-corrected chi connectivity index (χ3v) is 6.22. The normalized spacial score (nSPS) is 14.9. The van der Waals surface area contributed by atoms with Gasteiger partial charge in [0.05, 0.1) is 6.54 Å². The van der Waals surface area contributed by atoms with E-state index in [9.17, 15) is 13.9 Å². The fraction of sp³-hybridized carbons (Fsp3) is 0.600. The van der Waals surface area contributed by atoms with E-state index >= 15 is 0 Å². The molecule has 0 saturated carbocycles. The quantitative estimate of drug-likeness (QED) is 0.516. The van der Waals surface area contributed by atoms with E-state index in [-0.39, 0.29) is 17.4 Å². The van der Waals surface area contributed by atoms with Gasteiger partial charge in [-0.05, 0) is 18.2 Å². The Morgan fingerprint density at radius 1 is 1.19 bits per heavy atom. The zero-order chi connectivity index (χ0) is 19.7. The molecule has 0 bridgehead atoms. The molecular formula is C20H29F2N3OS. The van der Waals surface area contributed by atoms with Gasteiger partial charge in [0, 0.05) is 16.9 Å². The topological polar surface area (TPSA) is 50.9 Å². The average Bonchev–Trinajstić information content (AvgIpc) is 3.13. The lowest BCUT2D eigenvalue weighted by molar-refractivity contribution is 0.0133. The highest BCUT2D eigenvalue weighted by Gasteiger charge is 2.39. The molecular weight excluding hydrogens is 368 g/mol. The van der Waals surface area contributed by atoms with Crippen molar-refractivity contribution in [3.63, 3.8) is 0 Å². The summed E-state index contributed by atoms with van der Waals surface area (Å²) in [6.45, 7) is 4.13. The Bertz CT molecular complexity index is 684. The third-order valence-electron chi connectivity index (χ3n) is 4.81. The molecule has 0 spiro atoms. The van der Waals surface area contributed by atoms with Crippen LogP contribution in [0.4, 0.5) is 8.78 Å². The van der Waals surface area contributed by atoms with Crippen LogP contribution < -0.4 is 0 Å². The van der Waals surface area contributed by atoms with E-state index in [4.69, 9.17) is 0 Å². The molecule has 7 heteroatoms. The molecule has 1 heterocycles. The largest absolute Gasteiger partial charge is 0.382 e. The highest BCUT2D eigenvalue weighted by molar-refractivity contribution is 7.99. The Hall–Kier alpha value is -1.47. The molecule has 0 unspecified atom stereocenters. The lowest BCUT2D eigenvalue weighted by Gasteiger charge is -2.34. The molecule has 150 valence electrons. The Balaban J connectivity index is 2.05. The van der Waals surface area contributed by atoms with E-state index in [1.165, 1.54) is 55.2 Å². The number of thioether (sulfide) groups is 1. The number of aromatic nitrogens is 3. The molecule has 2 aromatic rings. The van der Waals surface area contributed by atoms with Crippen molar-refractivity contribution in [3.8, 4) is 0 Å². The smallest absolute Gasteiger partial charge is 0.137 e. The van der Waals surface area contributed by atoms with E-state index in [0.717, 1.165) is 24.7 Å². The van der Waals surface area contributed by atoms with Crippen LogP contribution in [0.15, 0.2) is 30.9 Å². The average molecular weight is 398 g/mol. The number of hydrogen-bond acceptors (Lipinski definition) is 4. The Morgan fingerprint density at radius 2 is 1.93 bits per heavy atom. The predicted octanol–water partition coefficient (Wildman–Crippen LogP) is 4.93. The SMILES string of the molecule is CCCCCCCCS[C@H](C)[C@](O)(Cn1cncn1)c1ccc(F)cc1F. The van der Waals surface area contributed by atoms with Crippen LogP contribution in [0.3, 0.4) is 0 Å². The van der Waals surface area contributed by atoms with Crippen LogP contribution in [-0.2, 0) is 12.1 Å². The Kier molecular flexibility index (Phi) is 8.70. The fourth-order valence-electron chi connectivity index (χ4n) is 3.11. The Labute approximate surface area is 164 Å². The lowest BCUT2D eigenvalue weighted by atomic mass is 9.90. The second-order valence-corrected chi connectivity index (χ2v) is 8.37. The minimum absolute atomic E-state index is 0.0558. The van der Waals surface area contributed by atoms with E-state index in [0.29, 0.717) is 0 Å². The molecule has 0 aliphatic rings. The highest BCUT2D eigenvalue weighted by Crippen LogP contribution is 2.36. The maximum Gasteiger partial charge on any atom is 0.137 e. The van der Waals surface area contributed by atoms with Crippen molar-refractivity contribution in [2.45, 2.75) is 69.8 Å². The van der Waals surface area contributed by atoms with Gasteiger partial charge < -0.3 is 5.11 Å². The van der Waals surface area contributed by atoms with Crippen LogP contribution >= 0.6 is 11.8 Å². The first-order chi connectivity index (χ1) is 13.0. The van der Waals surface area contributed by atoms with E-state index < -0.39 is 17.2 Å². The summed E-state index contributed by atoms with van der Waals surface area (Å²) in [5, 5.41) is 15.1. The summed E-state index contributed by atoms with van der Waals surface area (Å²) < 4.78 is 29.3. The van der Waals surface area contributed by atoms with Gasteiger partial charge in [-0.1, -0.05) is 52.0 Å². The molecule has 0 saturated heterocycles. The van der Waals surface area contributed by atoms with Crippen molar-refractivity contribution >= 4 is 11.8 Å². The van der Waals surface area contributed by atoms with Gasteiger partial charge in [0.1, 0.15) is 29.9 Å². The monoisotopic (exact) mass is 397 g/mol. The van der Waals surface area contributed by atoms with Gasteiger partial charge in [0.25, 0.3) is 0 Å². The minimum atomic E-state index is -1.52. The molecule has 0 aliphatic heterocycles. The van der Waals surface area contributed by atoms with Crippen LogP contribution in [0.1, 0.15) is 57.9 Å². The van der Waals surface area contributed by atoms with Gasteiger partial charge in [0.15, 0.2) is 0 Å². The van der Waals surface area contributed by atoms with Crippen molar-refractivity contribution < 1.29 is 13.9 Å². The van der Waals surface area contributed by atoms with Gasteiger partial charge in [-0.25, -0.2) is 18.4 Å². The summed E-state index contributed by atoms with van der Waals surface area (Å²) in [6.07, 6.45) is 10.0. The van der Waals surface area contributed by atoms with E-state index in [1.807, 2.05) is 6.92 Å². The van der Waals surface area contributed by atoms with Crippen LogP contribution in [0.25, 0.3) is 0 Å². The fourth-order valence-corrected chi connectivity index (χ4v) is 4.32. The zero-order valence-electron chi connectivity index (χ0n) is 16.1. The number of nitrogens with zero attached hydrogens (tertiary/aromatic N) is 3. The summed E-state index contributed by atoms with van der Waals surface area (Å²) in [7, 11) is 0. The molecule has 1 aromatic carbocycles. The van der Waals surface area contributed by atoms with Gasteiger partial charge in [-0.3, -0.25) is 0 Å². The third kappa shape index (κ3) is 6.28. The van der Waals surface area contributed by atoms with Crippen molar-refractivity contribution in [1.29, 1.82) is 0 Å². The molecule has 0 radical (unpaired) electrons. The molecule has 2 atom stereocenters. The minimum Gasteiger partial charge on any atom is -0.382 e. The summed E-state index contributed by atoms with van der Waals surface area (Å²) in [6, 6.07) is 3.31. The van der Waals surface area contributed by atoms with Gasteiger partial charge >= 0.3 is 0 Å². The van der Waals surface area contributed by atoms with Crippen molar-refractivity contribution in [1.82, 2.24) is 14.8 Å². The molecule has 1 N–H and O–H groups in total. The molecule has 2 rings (SSSR count). The number of halogens is 2. The standard InChI is InChI=1S/C20H29F2N3OS/c1-3-4-5-6-7-8-11-27-16(2)20(26,13-25-15-23-14-24-25)18-10-9-17(21)12-19(18)22/h9-10,12,14-16,26H,3-8,11,13H2,1-2H3/t16-,20-/m1/s1. The highest BCUT2D eigenvalue weighted by atomic mass is 32.2. The molecule has 27 heavy (non-hydrogen) atoms. The molecule has 0 aliphatic carbocycles. The predicted molar refractivity (Wildman–Crippen MR) is 106 cm³/mol. The van der Waals surface area contributed by atoms with Crippen LogP contribution in [0, 0.1) is 11.6 Å². The number of unbranched alkanes of at least 4 members (excludes halogenated alkanes) is 5. The maximum absolute atomic E-state index is 14.4. The first-order valence-electron chi connectivity index (χ1n) is 9.59. The van der Waals surface area contributed by atoms with Crippen molar-refractivity contribution in [2.24, 2.45) is 0 Å². The molecule has 4 nitrogen and oxygen atoms in total. The van der Waals surface area contributed by atoms with Crippen LogP contribution in [0.5, 0.6) is 0 Å². The summed E-state index contributed by atoms with van der Waals surface area (Å²) in [5.74, 6) is -0.521.